The van der Waals surface area contributed by atoms with E-state index in [1.807, 2.05) is 55.6 Å². The fourth-order valence-corrected chi connectivity index (χ4v) is 4.36. The van der Waals surface area contributed by atoms with Crippen molar-refractivity contribution in [1.82, 2.24) is 19.1 Å². The number of carbonyl (C=O) groups excluding carboxylic acids is 1. The highest BCUT2D eigenvalue weighted by atomic mass is 16.1. The van der Waals surface area contributed by atoms with E-state index < -0.39 is 0 Å². The van der Waals surface area contributed by atoms with Crippen LogP contribution >= 0.6 is 0 Å². The second-order valence-corrected chi connectivity index (χ2v) is 8.31. The number of benzene rings is 2. The van der Waals surface area contributed by atoms with Gasteiger partial charge in [0.25, 0.3) is 5.91 Å². The van der Waals surface area contributed by atoms with E-state index in [9.17, 15) is 4.79 Å². The summed E-state index contributed by atoms with van der Waals surface area (Å²) in [4.78, 5) is 22.3. The summed E-state index contributed by atoms with van der Waals surface area (Å²) < 4.78 is 4.34. The molecule has 1 N–H and O–H groups in total. The van der Waals surface area contributed by atoms with Crippen molar-refractivity contribution in [2.24, 2.45) is 0 Å². The highest BCUT2D eigenvalue weighted by Crippen LogP contribution is 2.27. The molecule has 0 saturated heterocycles. The Morgan fingerprint density at radius 2 is 1.84 bits per heavy atom. The minimum atomic E-state index is -0.143. The van der Waals surface area contributed by atoms with Gasteiger partial charge in [-0.15, -0.1) is 0 Å². The molecule has 6 heteroatoms. The summed E-state index contributed by atoms with van der Waals surface area (Å²) in [5.74, 6) is 1.73. The van der Waals surface area contributed by atoms with Crippen LogP contribution in [0.4, 0.5) is 5.69 Å². The molecular formula is C26H27N5O. The highest BCUT2D eigenvalue weighted by molar-refractivity contribution is 6.04. The van der Waals surface area contributed by atoms with Crippen LogP contribution in [0.15, 0.2) is 67.0 Å². The van der Waals surface area contributed by atoms with Gasteiger partial charge in [-0.05, 0) is 43.9 Å². The van der Waals surface area contributed by atoms with Gasteiger partial charge in [0.1, 0.15) is 17.3 Å². The van der Waals surface area contributed by atoms with Crippen molar-refractivity contribution in [2.75, 3.05) is 5.32 Å². The molecule has 1 amide bonds. The molecule has 2 aromatic heterocycles. The molecule has 2 aromatic carbocycles. The van der Waals surface area contributed by atoms with Crippen molar-refractivity contribution in [3.8, 4) is 11.4 Å². The van der Waals surface area contributed by atoms with Crippen molar-refractivity contribution >= 4 is 11.6 Å². The SMILES string of the molecule is Cc1nccn1Cc1ccc(NC(=O)c2nc(-c3ccccc3)n3c2CCCCC3)cc1. The zero-order chi connectivity index (χ0) is 21.9. The van der Waals surface area contributed by atoms with Gasteiger partial charge in [-0.2, -0.15) is 0 Å². The Balaban J connectivity index is 1.38. The molecule has 0 bridgehead atoms. The number of nitrogens with zero attached hydrogens (tertiary/aromatic N) is 4. The van der Waals surface area contributed by atoms with Gasteiger partial charge in [0, 0.05) is 36.7 Å². The fourth-order valence-electron chi connectivity index (χ4n) is 4.36. The third-order valence-electron chi connectivity index (χ3n) is 6.10. The first-order valence-electron chi connectivity index (χ1n) is 11.2. The Morgan fingerprint density at radius 1 is 1.03 bits per heavy atom. The summed E-state index contributed by atoms with van der Waals surface area (Å²) in [6.07, 6.45) is 8.03. The molecule has 0 spiro atoms. The summed E-state index contributed by atoms with van der Waals surface area (Å²) in [5.41, 5.74) is 4.58. The predicted molar refractivity (Wildman–Crippen MR) is 126 cm³/mol. The standard InChI is InChI=1S/C26H27N5O/c1-19-27-15-17-30(19)18-20-11-13-22(14-12-20)28-26(32)24-23-10-6-3-7-16-31(23)25(29-24)21-8-4-2-5-9-21/h2,4-5,8-9,11-15,17H,3,6-7,10,16,18H2,1H3,(H,28,32). The van der Waals surface area contributed by atoms with Crippen molar-refractivity contribution < 1.29 is 4.79 Å². The average Bonchev–Trinajstić information content (AvgIpc) is 3.30. The van der Waals surface area contributed by atoms with Crippen LogP contribution in [0.25, 0.3) is 11.4 Å². The van der Waals surface area contributed by atoms with Gasteiger partial charge in [0.05, 0.1) is 5.69 Å². The molecular weight excluding hydrogens is 398 g/mol. The van der Waals surface area contributed by atoms with Gasteiger partial charge < -0.3 is 14.5 Å². The summed E-state index contributed by atoms with van der Waals surface area (Å²) in [6.45, 7) is 3.66. The molecule has 0 aliphatic carbocycles. The first-order valence-corrected chi connectivity index (χ1v) is 11.2. The molecule has 6 nitrogen and oxygen atoms in total. The Morgan fingerprint density at radius 3 is 2.59 bits per heavy atom. The minimum absolute atomic E-state index is 0.143. The lowest BCUT2D eigenvalue weighted by molar-refractivity contribution is 0.102. The maximum atomic E-state index is 13.2. The molecule has 1 aliphatic rings. The van der Waals surface area contributed by atoms with Crippen molar-refractivity contribution in [3.05, 3.63) is 89.8 Å². The number of amides is 1. The monoisotopic (exact) mass is 425 g/mol. The molecule has 0 atom stereocenters. The van der Waals surface area contributed by atoms with E-state index in [1.165, 1.54) is 6.42 Å². The van der Waals surface area contributed by atoms with Crippen LogP contribution in [0.1, 0.15) is 46.8 Å². The van der Waals surface area contributed by atoms with Gasteiger partial charge in [-0.3, -0.25) is 4.79 Å². The van der Waals surface area contributed by atoms with Crippen LogP contribution in [-0.4, -0.2) is 25.0 Å². The maximum absolute atomic E-state index is 13.2. The summed E-state index contributed by atoms with van der Waals surface area (Å²) >= 11 is 0. The lowest BCUT2D eigenvalue weighted by Crippen LogP contribution is -2.15. The number of fused-ring (bicyclic) bond motifs is 1. The van der Waals surface area contributed by atoms with E-state index in [0.29, 0.717) is 5.69 Å². The zero-order valence-electron chi connectivity index (χ0n) is 18.3. The molecule has 0 unspecified atom stereocenters. The highest BCUT2D eigenvalue weighted by Gasteiger charge is 2.24. The molecule has 4 aromatic rings. The topological polar surface area (TPSA) is 64.7 Å². The molecule has 1 aliphatic heterocycles. The minimum Gasteiger partial charge on any atom is -0.331 e. The lowest BCUT2D eigenvalue weighted by Gasteiger charge is -2.09. The number of hydrogen-bond donors (Lipinski definition) is 1. The average molecular weight is 426 g/mol. The smallest absolute Gasteiger partial charge is 0.276 e. The van der Waals surface area contributed by atoms with E-state index in [1.54, 1.807) is 6.20 Å². The number of anilines is 1. The number of aromatic nitrogens is 4. The van der Waals surface area contributed by atoms with Crippen LogP contribution in [0, 0.1) is 6.92 Å². The normalized spacial score (nSPS) is 13.4. The number of aryl methyl sites for hydroxylation is 1. The van der Waals surface area contributed by atoms with E-state index in [2.05, 4.69) is 31.6 Å². The van der Waals surface area contributed by atoms with Crippen molar-refractivity contribution in [2.45, 2.75) is 45.7 Å². The van der Waals surface area contributed by atoms with Crippen molar-refractivity contribution in [3.63, 3.8) is 0 Å². The third-order valence-corrected chi connectivity index (χ3v) is 6.10. The number of carbonyl (C=O) groups is 1. The van der Waals surface area contributed by atoms with E-state index in [0.717, 1.165) is 66.5 Å². The van der Waals surface area contributed by atoms with Gasteiger partial charge in [-0.25, -0.2) is 9.97 Å². The molecule has 5 rings (SSSR count). The number of imidazole rings is 2. The van der Waals surface area contributed by atoms with E-state index in [4.69, 9.17) is 4.98 Å². The second kappa shape index (κ2) is 8.83. The van der Waals surface area contributed by atoms with Crippen molar-refractivity contribution in [1.29, 1.82) is 0 Å². The molecule has 0 saturated carbocycles. The first-order chi connectivity index (χ1) is 15.7. The molecule has 32 heavy (non-hydrogen) atoms. The Bertz CT molecular complexity index is 1220. The van der Waals surface area contributed by atoms with Crippen LogP contribution in [0.2, 0.25) is 0 Å². The van der Waals surface area contributed by atoms with Crippen LogP contribution in [0.5, 0.6) is 0 Å². The predicted octanol–water partition coefficient (Wildman–Crippen LogP) is 5.08. The molecule has 0 radical (unpaired) electrons. The Labute approximate surface area is 188 Å². The van der Waals surface area contributed by atoms with Crippen LogP contribution in [-0.2, 0) is 19.5 Å². The van der Waals surface area contributed by atoms with Crippen LogP contribution < -0.4 is 5.32 Å². The number of rotatable bonds is 5. The van der Waals surface area contributed by atoms with Gasteiger partial charge >= 0.3 is 0 Å². The van der Waals surface area contributed by atoms with Gasteiger partial charge in [-0.1, -0.05) is 48.9 Å². The largest absolute Gasteiger partial charge is 0.331 e. The Kier molecular flexibility index (Phi) is 5.58. The van der Waals surface area contributed by atoms with E-state index >= 15 is 0 Å². The second-order valence-electron chi connectivity index (χ2n) is 8.31. The van der Waals surface area contributed by atoms with Gasteiger partial charge in [0.15, 0.2) is 0 Å². The Hall–Kier alpha value is -3.67. The zero-order valence-corrected chi connectivity index (χ0v) is 18.3. The quantitative estimate of drug-likeness (QED) is 0.485. The summed E-state index contributed by atoms with van der Waals surface area (Å²) in [5, 5.41) is 3.06. The molecule has 3 heterocycles. The number of nitrogens with one attached hydrogen (secondary N) is 1. The third kappa shape index (κ3) is 4.08. The van der Waals surface area contributed by atoms with Gasteiger partial charge in [0.2, 0.25) is 0 Å². The maximum Gasteiger partial charge on any atom is 0.276 e. The molecule has 162 valence electrons. The first kappa shape index (κ1) is 20.2. The van der Waals surface area contributed by atoms with E-state index in [-0.39, 0.29) is 5.91 Å². The number of hydrogen-bond acceptors (Lipinski definition) is 3. The molecule has 0 fully saturated rings. The summed E-state index contributed by atoms with van der Waals surface area (Å²) in [7, 11) is 0. The summed E-state index contributed by atoms with van der Waals surface area (Å²) in [6, 6.07) is 18.1. The lowest BCUT2D eigenvalue weighted by atomic mass is 10.1. The van der Waals surface area contributed by atoms with Crippen LogP contribution in [0.3, 0.4) is 0 Å². The fraction of sp³-hybridized carbons (Fsp3) is 0.269.